The number of carbonyl (C=O) groups is 1. The molecule has 0 atom stereocenters. The van der Waals surface area contributed by atoms with Crippen molar-refractivity contribution in [2.75, 3.05) is 7.11 Å². The number of hydrazone groups is 1. The van der Waals surface area contributed by atoms with Crippen LogP contribution in [0.15, 0.2) is 47.6 Å². The second-order valence-electron chi connectivity index (χ2n) is 4.70. The van der Waals surface area contributed by atoms with E-state index in [1.54, 1.807) is 26.2 Å². The Morgan fingerprint density at radius 3 is 2.70 bits per heavy atom. The number of amides is 1. The topological polar surface area (TPSA) is 93.8 Å². The highest BCUT2D eigenvalue weighted by molar-refractivity contribution is 5.95. The predicted octanol–water partition coefficient (Wildman–Crippen LogP) is 2.68. The molecule has 2 rings (SSSR count). The van der Waals surface area contributed by atoms with E-state index in [-0.39, 0.29) is 5.69 Å². The number of hydrogen-bond acceptors (Lipinski definition) is 5. The van der Waals surface area contributed by atoms with Crippen LogP contribution in [0.25, 0.3) is 0 Å². The van der Waals surface area contributed by atoms with Gasteiger partial charge in [-0.15, -0.1) is 0 Å². The van der Waals surface area contributed by atoms with Crippen LogP contribution in [0.1, 0.15) is 21.5 Å². The first kappa shape index (κ1) is 16.2. The second kappa shape index (κ2) is 7.17. The minimum absolute atomic E-state index is 0.0286. The highest BCUT2D eigenvalue weighted by Gasteiger charge is 2.13. The van der Waals surface area contributed by atoms with E-state index in [4.69, 9.17) is 4.74 Å². The van der Waals surface area contributed by atoms with Gasteiger partial charge in [0.15, 0.2) is 0 Å². The summed E-state index contributed by atoms with van der Waals surface area (Å²) in [5.41, 5.74) is 3.78. The lowest BCUT2D eigenvalue weighted by atomic mass is 10.1. The van der Waals surface area contributed by atoms with Gasteiger partial charge in [0.25, 0.3) is 11.6 Å². The first-order chi connectivity index (χ1) is 11.0. The van der Waals surface area contributed by atoms with Crippen LogP contribution in [0.5, 0.6) is 5.75 Å². The minimum atomic E-state index is -0.489. The van der Waals surface area contributed by atoms with Crippen LogP contribution in [0.4, 0.5) is 5.69 Å². The molecular weight excluding hydrogens is 298 g/mol. The van der Waals surface area contributed by atoms with E-state index in [9.17, 15) is 14.9 Å². The first-order valence-corrected chi connectivity index (χ1v) is 6.74. The third-order valence-electron chi connectivity index (χ3n) is 3.16. The summed E-state index contributed by atoms with van der Waals surface area (Å²) in [7, 11) is 1.55. The van der Waals surface area contributed by atoms with Crippen LogP contribution in [-0.2, 0) is 0 Å². The maximum atomic E-state index is 12.0. The maximum Gasteiger partial charge on any atom is 0.272 e. The molecule has 7 heteroatoms. The van der Waals surface area contributed by atoms with Gasteiger partial charge >= 0.3 is 0 Å². The number of nitrogens with zero attached hydrogens (tertiary/aromatic N) is 2. The molecule has 0 bridgehead atoms. The molecule has 1 N–H and O–H groups in total. The predicted molar refractivity (Wildman–Crippen MR) is 85.9 cm³/mol. The highest BCUT2D eigenvalue weighted by Crippen LogP contribution is 2.18. The van der Waals surface area contributed by atoms with Gasteiger partial charge in [0.05, 0.1) is 18.2 Å². The number of nitrogens with one attached hydrogen (secondary N) is 1. The molecule has 0 saturated carbocycles. The molecule has 7 nitrogen and oxygen atoms in total. The monoisotopic (exact) mass is 313 g/mol. The summed E-state index contributed by atoms with van der Waals surface area (Å²) in [4.78, 5) is 22.3. The summed E-state index contributed by atoms with van der Waals surface area (Å²) in [5, 5.41) is 14.6. The zero-order valence-corrected chi connectivity index (χ0v) is 12.6. The summed E-state index contributed by atoms with van der Waals surface area (Å²) in [6, 6.07) is 11.4. The Balaban J connectivity index is 2.09. The molecule has 0 aliphatic heterocycles. The van der Waals surface area contributed by atoms with Crippen LogP contribution in [0.2, 0.25) is 0 Å². The standard InChI is InChI=1S/C16H15N3O4/c1-11-9-12(7-8-14(11)19(21)22)16(20)18-17-10-13-5-3-4-6-15(13)23-2/h3-10H,1-2H3,(H,18,20)/b17-10+. The fourth-order valence-electron chi connectivity index (χ4n) is 2.00. The third-order valence-corrected chi connectivity index (χ3v) is 3.16. The molecule has 23 heavy (non-hydrogen) atoms. The molecule has 0 spiro atoms. The zero-order valence-electron chi connectivity index (χ0n) is 12.6. The van der Waals surface area contributed by atoms with Crippen molar-refractivity contribution >= 4 is 17.8 Å². The van der Waals surface area contributed by atoms with E-state index in [0.717, 1.165) is 5.56 Å². The second-order valence-corrected chi connectivity index (χ2v) is 4.70. The highest BCUT2D eigenvalue weighted by atomic mass is 16.6. The molecule has 2 aromatic rings. The first-order valence-electron chi connectivity index (χ1n) is 6.74. The van der Waals surface area contributed by atoms with Gasteiger partial charge in [-0.2, -0.15) is 5.10 Å². The molecule has 0 aromatic heterocycles. The average Bonchev–Trinajstić information content (AvgIpc) is 2.54. The quantitative estimate of drug-likeness (QED) is 0.521. The van der Waals surface area contributed by atoms with Crippen molar-refractivity contribution in [2.24, 2.45) is 5.10 Å². The van der Waals surface area contributed by atoms with Crippen LogP contribution in [0.3, 0.4) is 0 Å². The largest absolute Gasteiger partial charge is 0.496 e. The summed E-state index contributed by atoms with van der Waals surface area (Å²) in [5.74, 6) is 0.186. The Kier molecular flexibility index (Phi) is 5.03. The van der Waals surface area contributed by atoms with E-state index in [1.807, 2.05) is 12.1 Å². The van der Waals surface area contributed by atoms with Crippen LogP contribution >= 0.6 is 0 Å². The summed E-state index contributed by atoms with van der Waals surface area (Å²) in [6.07, 6.45) is 1.47. The third kappa shape index (κ3) is 3.91. The Labute approximate surface area is 132 Å². The molecule has 0 radical (unpaired) electrons. The number of nitro groups is 1. The zero-order chi connectivity index (χ0) is 16.8. The molecule has 0 saturated heterocycles. The Morgan fingerprint density at radius 1 is 1.30 bits per heavy atom. The molecule has 0 fully saturated rings. The van der Waals surface area contributed by atoms with Gasteiger partial charge in [0.1, 0.15) is 5.75 Å². The van der Waals surface area contributed by atoms with E-state index >= 15 is 0 Å². The number of aryl methyl sites for hydroxylation is 1. The molecule has 0 unspecified atom stereocenters. The maximum absolute atomic E-state index is 12.0. The van der Waals surface area contributed by atoms with E-state index in [2.05, 4.69) is 10.5 Å². The number of carbonyl (C=O) groups excluding carboxylic acids is 1. The van der Waals surface area contributed by atoms with E-state index in [1.165, 1.54) is 24.4 Å². The summed E-state index contributed by atoms with van der Waals surface area (Å²) in [6.45, 7) is 1.58. The number of para-hydroxylation sites is 1. The summed E-state index contributed by atoms with van der Waals surface area (Å²) < 4.78 is 5.17. The normalized spacial score (nSPS) is 10.5. The number of benzene rings is 2. The molecule has 118 valence electrons. The van der Waals surface area contributed by atoms with Gasteiger partial charge in [-0.3, -0.25) is 14.9 Å². The van der Waals surface area contributed by atoms with Crippen molar-refractivity contribution in [3.8, 4) is 5.75 Å². The van der Waals surface area contributed by atoms with E-state index < -0.39 is 10.8 Å². The number of rotatable bonds is 5. The number of hydrogen-bond donors (Lipinski definition) is 1. The van der Waals surface area contributed by atoms with Crippen molar-refractivity contribution in [2.45, 2.75) is 6.92 Å². The Hall–Kier alpha value is -3.22. The van der Waals surface area contributed by atoms with Gasteiger partial charge in [-0.25, -0.2) is 5.43 Å². The lowest BCUT2D eigenvalue weighted by molar-refractivity contribution is -0.385. The fraction of sp³-hybridized carbons (Fsp3) is 0.125. The SMILES string of the molecule is COc1ccccc1/C=N/NC(=O)c1ccc([N+](=O)[O-])c(C)c1. The smallest absolute Gasteiger partial charge is 0.272 e. The number of methoxy groups -OCH3 is 1. The van der Waals surface area contributed by atoms with Gasteiger partial charge in [0.2, 0.25) is 0 Å². The summed E-state index contributed by atoms with van der Waals surface area (Å²) >= 11 is 0. The Bertz CT molecular complexity index is 772. The molecule has 0 aliphatic carbocycles. The number of ether oxygens (including phenoxy) is 1. The van der Waals surface area contributed by atoms with Crippen LogP contribution in [-0.4, -0.2) is 24.2 Å². The number of nitro benzene ring substituents is 1. The molecule has 0 heterocycles. The van der Waals surface area contributed by atoms with Gasteiger partial charge in [0, 0.05) is 22.8 Å². The lowest BCUT2D eigenvalue weighted by Crippen LogP contribution is -2.17. The van der Waals surface area contributed by atoms with Gasteiger partial charge in [-0.1, -0.05) is 12.1 Å². The molecular formula is C16H15N3O4. The van der Waals surface area contributed by atoms with Crippen molar-refractivity contribution in [3.05, 3.63) is 69.3 Å². The van der Waals surface area contributed by atoms with Crippen molar-refractivity contribution in [3.63, 3.8) is 0 Å². The average molecular weight is 313 g/mol. The van der Waals surface area contributed by atoms with Crippen molar-refractivity contribution < 1.29 is 14.5 Å². The molecule has 1 amide bonds. The van der Waals surface area contributed by atoms with Crippen molar-refractivity contribution in [1.82, 2.24) is 5.43 Å². The van der Waals surface area contributed by atoms with Gasteiger partial charge < -0.3 is 4.74 Å². The molecule has 0 aliphatic rings. The molecule has 2 aromatic carbocycles. The van der Waals surface area contributed by atoms with Crippen LogP contribution in [0, 0.1) is 17.0 Å². The van der Waals surface area contributed by atoms with E-state index in [0.29, 0.717) is 16.9 Å². The minimum Gasteiger partial charge on any atom is -0.496 e. The lowest BCUT2D eigenvalue weighted by Gasteiger charge is -2.04. The fourth-order valence-corrected chi connectivity index (χ4v) is 2.00. The van der Waals surface area contributed by atoms with Crippen LogP contribution < -0.4 is 10.2 Å². The van der Waals surface area contributed by atoms with Gasteiger partial charge in [-0.05, 0) is 31.2 Å². The Morgan fingerprint density at radius 2 is 2.04 bits per heavy atom. The van der Waals surface area contributed by atoms with Crippen molar-refractivity contribution in [1.29, 1.82) is 0 Å².